The van der Waals surface area contributed by atoms with Gasteiger partial charge in [0.15, 0.2) is 0 Å². The number of likely N-dealkylation sites (tertiary alicyclic amines) is 1. The average Bonchev–Trinajstić information content (AvgIpc) is 3.49. The van der Waals surface area contributed by atoms with Crippen LogP contribution in [-0.4, -0.2) is 53.5 Å². The molecule has 0 saturated carbocycles. The molecule has 0 spiro atoms. The lowest BCUT2D eigenvalue weighted by Gasteiger charge is -2.36. The molecule has 2 aliphatic rings. The third-order valence-electron chi connectivity index (χ3n) is 6.77. The zero-order valence-corrected chi connectivity index (χ0v) is 19.5. The van der Waals surface area contributed by atoms with E-state index < -0.39 is 0 Å². The number of aromatic nitrogens is 2. The first-order valence-corrected chi connectivity index (χ1v) is 12.6. The third kappa shape index (κ3) is 4.36. The number of amides is 1. The number of piperidine rings is 1. The quantitative estimate of drug-likeness (QED) is 0.610. The number of hydrogen-bond donors (Lipinski definition) is 1. The molecule has 0 radical (unpaired) electrons. The molecule has 168 valence electrons. The van der Waals surface area contributed by atoms with Crippen LogP contribution in [0.15, 0.2) is 36.5 Å². The molecular weight excluding hydrogens is 418 g/mol. The molecule has 0 bridgehead atoms. The van der Waals surface area contributed by atoms with E-state index in [1.54, 1.807) is 18.4 Å². The molecule has 7 heteroatoms. The first kappa shape index (κ1) is 21.3. The summed E-state index contributed by atoms with van der Waals surface area (Å²) in [6.45, 7) is 4.03. The summed E-state index contributed by atoms with van der Waals surface area (Å²) in [6.07, 6.45) is 8.87. The predicted molar refractivity (Wildman–Crippen MR) is 130 cm³/mol. The summed E-state index contributed by atoms with van der Waals surface area (Å²) in [4.78, 5) is 27.8. The largest absolute Gasteiger partial charge is 0.354 e. The molecule has 32 heavy (non-hydrogen) atoms. The number of carbonyl (C=O) groups is 1. The summed E-state index contributed by atoms with van der Waals surface area (Å²) in [5.41, 5.74) is 2.29. The third-order valence-corrected chi connectivity index (χ3v) is 7.99. The minimum absolute atomic E-state index is 0.0228. The van der Waals surface area contributed by atoms with Gasteiger partial charge >= 0.3 is 0 Å². The lowest BCUT2D eigenvalue weighted by atomic mass is 9.93. The first-order chi connectivity index (χ1) is 15.7. The molecule has 3 aromatic rings. The Kier molecular flexibility index (Phi) is 6.37. The molecule has 2 aromatic heterocycles. The van der Waals surface area contributed by atoms with Crippen LogP contribution in [0.5, 0.6) is 0 Å². The Morgan fingerprint density at radius 3 is 2.78 bits per heavy atom. The first-order valence-electron chi connectivity index (χ1n) is 11.8. The van der Waals surface area contributed by atoms with Crippen molar-refractivity contribution < 1.29 is 4.79 Å². The van der Waals surface area contributed by atoms with Gasteiger partial charge in [0.1, 0.15) is 0 Å². The van der Waals surface area contributed by atoms with Gasteiger partial charge in [-0.25, -0.2) is 9.97 Å². The van der Waals surface area contributed by atoms with Crippen LogP contribution in [0, 0.1) is 0 Å². The minimum Gasteiger partial charge on any atom is -0.354 e. The summed E-state index contributed by atoms with van der Waals surface area (Å²) < 4.78 is 1.19. The van der Waals surface area contributed by atoms with Gasteiger partial charge < -0.3 is 10.2 Å². The van der Waals surface area contributed by atoms with Gasteiger partial charge in [-0.05, 0) is 61.7 Å². The molecule has 1 atom stereocenters. The highest BCUT2D eigenvalue weighted by Crippen LogP contribution is 2.34. The topological polar surface area (TPSA) is 61.4 Å². The van der Waals surface area contributed by atoms with E-state index in [1.165, 1.54) is 41.3 Å². The number of nitrogens with one attached hydrogen (secondary N) is 1. The van der Waals surface area contributed by atoms with E-state index in [0.29, 0.717) is 6.04 Å². The van der Waals surface area contributed by atoms with Crippen molar-refractivity contribution in [2.45, 2.75) is 51.1 Å². The Balaban J connectivity index is 1.39. The second-order valence-electron chi connectivity index (χ2n) is 8.85. The summed E-state index contributed by atoms with van der Waals surface area (Å²) in [6, 6.07) is 10.9. The highest BCUT2D eigenvalue weighted by Gasteiger charge is 2.27. The zero-order valence-electron chi connectivity index (χ0n) is 18.7. The van der Waals surface area contributed by atoms with E-state index in [9.17, 15) is 4.79 Å². The minimum atomic E-state index is 0.0228. The Hall–Kier alpha value is -2.51. The maximum atomic E-state index is 12.6. The number of fused-ring (bicyclic) bond motifs is 1. The molecular formula is C25H31N5OS. The summed E-state index contributed by atoms with van der Waals surface area (Å²) in [5.74, 6) is 0.897. The van der Waals surface area contributed by atoms with Crippen molar-refractivity contribution in [2.75, 3.05) is 31.6 Å². The Morgan fingerprint density at radius 1 is 1.12 bits per heavy atom. The van der Waals surface area contributed by atoms with Crippen LogP contribution < -0.4 is 10.2 Å². The number of nitrogens with zero attached hydrogens (tertiary/aromatic N) is 4. The number of benzene rings is 1. The highest BCUT2D eigenvalue weighted by molar-refractivity contribution is 7.21. The fourth-order valence-corrected chi connectivity index (χ4v) is 6.26. The molecule has 2 fully saturated rings. The van der Waals surface area contributed by atoms with Crippen molar-refractivity contribution in [1.82, 2.24) is 20.2 Å². The van der Waals surface area contributed by atoms with Gasteiger partial charge in [-0.15, -0.1) is 11.3 Å². The molecule has 1 amide bonds. The van der Waals surface area contributed by atoms with Crippen LogP contribution in [0.2, 0.25) is 0 Å². The molecule has 1 N–H and O–H groups in total. The maximum Gasteiger partial charge on any atom is 0.261 e. The zero-order chi connectivity index (χ0) is 21.9. The summed E-state index contributed by atoms with van der Waals surface area (Å²) in [7, 11) is 1.72. The van der Waals surface area contributed by atoms with Gasteiger partial charge in [0.2, 0.25) is 5.95 Å². The van der Waals surface area contributed by atoms with Gasteiger partial charge in [-0.3, -0.25) is 9.69 Å². The monoisotopic (exact) mass is 449 g/mol. The van der Waals surface area contributed by atoms with E-state index in [2.05, 4.69) is 50.4 Å². The van der Waals surface area contributed by atoms with E-state index >= 15 is 0 Å². The van der Waals surface area contributed by atoms with Gasteiger partial charge in [0.25, 0.3) is 5.91 Å². The summed E-state index contributed by atoms with van der Waals surface area (Å²) in [5, 5.41) is 4.06. The number of rotatable bonds is 6. The molecule has 2 aliphatic heterocycles. The van der Waals surface area contributed by atoms with Crippen LogP contribution in [0.25, 0.3) is 10.1 Å². The van der Waals surface area contributed by atoms with E-state index in [0.717, 1.165) is 55.5 Å². The Morgan fingerprint density at radius 2 is 1.94 bits per heavy atom. The molecule has 2 saturated heterocycles. The molecule has 5 rings (SSSR count). The van der Waals surface area contributed by atoms with Crippen molar-refractivity contribution in [1.29, 1.82) is 0 Å². The normalized spacial score (nSPS) is 19.5. The number of hydrogen-bond acceptors (Lipinski definition) is 6. The molecule has 1 aromatic carbocycles. The van der Waals surface area contributed by atoms with Crippen molar-refractivity contribution in [3.05, 3.63) is 52.7 Å². The second-order valence-corrected chi connectivity index (χ2v) is 9.90. The lowest BCUT2D eigenvalue weighted by molar-refractivity contribution is 0.0964. The Bertz CT molecular complexity index is 1090. The van der Waals surface area contributed by atoms with Gasteiger partial charge in [0.05, 0.1) is 10.6 Å². The standard InChI is InChI=1S/C25H31N5OS/c1-26-24(31)23-21(20-9-2-3-10-22(20)32-23)16-19-8-4-5-15-30(19)17-18-11-12-27-25(28-18)29-13-6-7-14-29/h2-3,9-12,19H,4-8,13-17H2,1H3,(H,26,31). The lowest BCUT2D eigenvalue weighted by Crippen LogP contribution is -2.40. The van der Waals surface area contributed by atoms with Crippen LogP contribution in [-0.2, 0) is 13.0 Å². The van der Waals surface area contributed by atoms with E-state index in [1.807, 2.05) is 6.20 Å². The summed E-state index contributed by atoms with van der Waals surface area (Å²) >= 11 is 1.61. The van der Waals surface area contributed by atoms with Gasteiger partial charge in [-0.2, -0.15) is 0 Å². The molecule has 1 unspecified atom stereocenters. The number of carbonyl (C=O) groups excluding carboxylic acids is 1. The maximum absolute atomic E-state index is 12.6. The molecule has 0 aliphatic carbocycles. The average molecular weight is 450 g/mol. The van der Waals surface area contributed by atoms with Crippen LogP contribution >= 0.6 is 11.3 Å². The number of thiophene rings is 1. The van der Waals surface area contributed by atoms with Crippen molar-refractivity contribution in [2.24, 2.45) is 0 Å². The number of anilines is 1. The smallest absolute Gasteiger partial charge is 0.261 e. The predicted octanol–water partition coefficient (Wildman–Crippen LogP) is 4.25. The molecule has 4 heterocycles. The fraction of sp³-hybridized carbons (Fsp3) is 0.480. The fourth-order valence-electron chi connectivity index (χ4n) is 5.08. The van der Waals surface area contributed by atoms with Crippen molar-refractivity contribution in [3.8, 4) is 0 Å². The Labute approximate surface area is 193 Å². The van der Waals surface area contributed by atoms with E-state index in [4.69, 9.17) is 4.98 Å². The highest BCUT2D eigenvalue weighted by atomic mass is 32.1. The van der Waals surface area contributed by atoms with Gasteiger partial charge in [-0.1, -0.05) is 24.6 Å². The molecule has 6 nitrogen and oxygen atoms in total. The van der Waals surface area contributed by atoms with E-state index in [-0.39, 0.29) is 5.91 Å². The second kappa shape index (κ2) is 9.55. The van der Waals surface area contributed by atoms with Crippen LogP contribution in [0.1, 0.15) is 53.0 Å². The van der Waals surface area contributed by atoms with Gasteiger partial charge in [0, 0.05) is 43.6 Å². The van der Waals surface area contributed by atoms with Crippen molar-refractivity contribution in [3.63, 3.8) is 0 Å². The van der Waals surface area contributed by atoms with Crippen molar-refractivity contribution >= 4 is 33.3 Å². The van der Waals surface area contributed by atoms with Crippen LogP contribution in [0.4, 0.5) is 5.95 Å². The van der Waals surface area contributed by atoms with Crippen LogP contribution in [0.3, 0.4) is 0 Å². The SMILES string of the molecule is CNC(=O)c1sc2ccccc2c1CC1CCCCN1Cc1ccnc(N2CCCC2)n1.